The fourth-order valence-corrected chi connectivity index (χ4v) is 4.08. The van der Waals surface area contributed by atoms with Crippen LogP contribution in [-0.4, -0.2) is 28.8 Å². The van der Waals surface area contributed by atoms with E-state index in [1.54, 1.807) is 4.90 Å². The Morgan fingerprint density at radius 3 is 2.12 bits per heavy atom. The predicted octanol–water partition coefficient (Wildman–Crippen LogP) is 5.32. The first kappa shape index (κ1) is 25.2. The second kappa shape index (κ2) is 11.6. The molecule has 0 heterocycles. The van der Waals surface area contributed by atoms with E-state index in [4.69, 9.17) is 0 Å². The molecule has 2 amide bonds. The van der Waals surface area contributed by atoms with Crippen molar-refractivity contribution in [3.05, 3.63) is 106 Å². The minimum atomic E-state index is -0.608. The number of hydrogen-bond donors (Lipinski definition) is 1. The molecule has 0 aromatic heterocycles. The molecule has 0 aliphatic rings. The van der Waals surface area contributed by atoms with Gasteiger partial charge in [-0.1, -0.05) is 83.9 Å². The second-order valence-electron chi connectivity index (χ2n) is 9.48. The minimum Gasteiger partial charge on any atom is -0.352 e. The van der Waals surface area contributed by atoms with E-state index in [-0.39, 0.29) is 24.3 Å². The summed E-state index contributed by atoms with van der Waals surface area (Å²) in [6.07, 6.45) is 0.726. The van der Waals surface area contributed by atoms with Gasteiger partial charge in [-0.3, -0.25) is 9.59 Å². The number of carbonyl (C=O) groups is 2. The lowest BCUT2D eigenvalue weighted by Gasteiger charge is -2.32. The maximum absolute atomic E-state index is 13.8. The molecule has 0 aliphatic heterocycles. The van der Waals surface area contributed by atoms with Crippen molar-refractivity contribution >= 4 is 11.8 Å². The summed E-state index contributed by atoms with van der Waals surface area (Å²) in [4.78, 5) is 29.0. The normalized spacial score (nSPS) is 11.8. The number of nitrogens with zero attached hydrogens (tertiary/aromatic N) is 1. The lowest BCUT2D eigenvalue weighted by atomic mass is 9.99. The highest BCUT2D eigenvalue weighted by atomic mass is 16.2. The van der Waals surface area contributed by atoms with Gasteiger partial charge in [0.1, 0.15) is 6.04 Å². The van der Waals surface area contributed by atoms with Crippen molar-refractivity contribution < 1.29 is 9.59 Å². The van der Waals surface area contributed by atoms with Gasteiger partial charge in [-0.2, -0.15) is 0 Å². The molecule has 1 atom stereocenters. The highest BCUT2D eigenvalue weighted by molar-refractivity contribution is 5.89. The minimum absolute atomic E-state index is 0.0129. The molecule has 4 nitrogen and oxygen atoms in total. The van der Waals surface area contributed by atoms with Crippen LogP contribution in [0.2, 0.25) is 0 Å². The third kappa shape index (κ3) is 7.05. The van der Waals surface area contributed by atoms with E-state index in [0.29, 0.717) is 13.0 Å². The van der Waals surface area contributed by atoms with Gasteiger partial charge in [-0.05, 0) is 56.9 Å². The van der Waals surface area contributed by atoms with Crippen LogP contribution in [0, 0.1) is 20.8 Å². The van der Waals surface area contributed by atoms with E-state index in [1.165, 1.54) is 0 Å². The smallest absolute Gasteiger partial charge is 0.243 e. The Morgan fingerprint density at radius 2 is 1.47 bits per heavy atom. The summed E-state index contributed by atoms with van der Waals surface area (Å²) in [5.41, 5.74) is 6.41. The van der Waals surface area contributed by atoms with E-state index in [1.807, 2.05) is 89.2 Å². The van der Waals surface area contributed by atoms with E-state index >= 15 is 0 Å². The molecule has 0 fully saturated rings. The van der Waals surface area contributed by atoms with Gasteiger partial charge in [0.05, 0.1) is 6.42 Å². The number of hydrogen-bond acceptors (Lipinski definition) is 2. The molecule has 0 spiro atoms. The molecule has 3 aromatic rings. The van der Waals surface area contributed by atoms with E-state index in [9.17, 15) is 9.59 Å². The maximum atomic E-state index is 13.8. The van der Waals surface area contributed by atoms with Crippen molar-refractivity contribution in [2.45, 2.75) is 66.1 Å². The van der Waals surface area contributed by atoms with Gasteiger partial charge in [-0.15, -0.1) is 0 Å². The molecule has 1 unspecified atom stereocenters. The van der Waals surface area contributed by atoms with Crippen LogP contribution in [0.15, 0.2) is 72.8 Å². The van der Waals surface area contributed by atoms with Gasteiger partial charge in [0.2, 0.25) is 11.8 Å². The lowest BCUT2D eigenvalue weighted by Crippen LogP contribution is -2.52. The maximum Gasteiger partial charge on any atom is 0.243 e. The number of carbonyl (C=O) groups excluding carboxylic acids is 2. The largest absolute Gasteiger partial charge is 0.352 e. The van der Waals surface area contributed by atoms with E-state index < -0.39 is 6.04 Å². The number of benzene rings is 3. The SMILES string of the molecule is Cc1ccc(CN(C(=O)Cc2cc(C)ccc2C)C(Cc2ccccc2)C(=O)NC(C)C)cc1. The predicted molar refractivity (Wildman–Crippen MR) is 139 cm³/mol. The molecule has 1 N–H and O–H groups in total. The van der Waals surface area contributed by atoms with Crippen LogP contribution in [-0.2, 0) is 29.0 Å². The molecule has 0 bridgehead atoms. The Morgan fingerprint density at radius 1 is 0.824 bits per heavy atom. The molecule has 34 heavy (non-hydrogen) atoms. The third-order valence-electron chi connectivity index (χ3n) is 6.02. The Balaban J connectivity index is 1.99. The first-order chi connectivity index (χ1) is 16.2. The van der Waals surface area contributed by atoms with Crippen LogP contribution in [0.1, 0.15) is 47.2 Å². The van der Waals surface area contributed by atoms with Gasteiger partial charge in [0, 0.05) is 19.0 Å². The Labute approximate surface area is 204 Å². The fourth-order valence-electron chi connectivity index (χ4n) is 4.08. The lowest BCUT2D eigenvalue weighted by molar-refractivity contribution is -0.141. The highest BCUT2D eigenvalue weighted by Crippen LogP contribution is 2.19. The molecular formula is C30H36N2O2. The quantitative estimate of drug-likeness (QED) is 0.474. The summed E-state index contributed by atoms with van der Waals surface area (Å²) in [5.74, 6) is -0.172. The van der Waals surface area contributed by atoms with Crippen LogP contribution in [0.3, 0.4) is 0 Å². The van der Waals surface area contributed by atoms with Crippen molar-refractivity contribution in [3.63, 3.8) is 0 Å². The number of nitrogens with one attached hydrogen (secondary N) is 1. The molecule has 0 saturated carbocycles. The second-order valence-corrected chi connectivity index (χ2v) is 9.48. The average molecular weight is 457 g/mol. The van der Waals surface area contributed by atoms with Gasteiger partial charge < -0.3 is 10.2 Å². The van der Waals surface area contributed by atoms with Crippen LogP contribution < -0.4 is 5.32 Å². The zero-order valence-corrected chi connectivity index (χ0v) is 21.0. The molecule has 4 heteroatoms. The van der Waals surface area contributed by atoms with Crippen LogP contribution in [0.5, 0.6) is 0 Å². The molecular weight excluding hydrogens is 420 g/mol. The van der Waals surface area contributed by atoms with Crippen molar-refractivity contribution in [3.8, 4) is 0 Å². The number of rotatable bonds is 9. The summed E-state index contributed by atoms with van der Waals surface area (Å²) in [7, 11) is 0. The van der Waals surface area contributed by atoms with Gasteiger partial charge in [0.25, 0.3) is 0 Å². The van der Waals surface area contributed by atoms with Crippen LogP contribution in [0.4, 0.5) is 0 Å². The highest BCUT2D eigenvalue weighted by Gasteiger charge is 2.31. The van der Waals surface area contributed by atoms with E-state index in [0.717, 1.165) is 33.4 Å². The summed E-state index contributed by atoms with van der Waals surface area (Å²) in [6.45, 7) is 10.4. The molecule has 0 radical (unpaired) electrons. The monoisotopic (exact) mass is 456 g/mol. The molecule has 178 valence electrons. The van der Waals surface area contributed by atoms with Crippen LogP contribution >= 0.6 is 0 Å². The Kier molecular flexibility index (Phi) is 8.64. The molecule has 0 aliphatic carbocycles. The standard InChI is InChI=1S/C30H36N2O2/c1-21(2)31-30(34)28(18-25-9-7-6-8-10-25)32(20-26-15-12-22(3)13-16-26)29(33)19-27-17-23(4)11-14-24(27)5/h6-17,21,28H,18-20H2,1-5H3,(H,31,34). The first-order valence-corrected chi connectivity index (χ1v) is 12.0. The topological polar surface area (TPSA) is 49.4 Å². The molecule has 0 saturated heterocycles. The average Bonchev–Trinajstić information content (AvgIpc) is 2.80. The third-order valence-corrected chi connectivity index (χ3v) is 6.02. The van der Waals surface area contributed by atoms with Gasteiger partial charge in [-0.25, -0.2) is 0 Å². The zero-order valence-electron chi connectivity index (χ0n) is 21.0. The Bertz CT molecular complexity index is 1100. The summed E-state index contributed by atoms with van der Waals surface area (Å²) in [5, 5.41) is 3.04. The van der Waals surface area contributed by atoms with E-state index in [2.05, 4.69) is 23.5 Å². The molecule has 3 aromatic carbocycles. The first-order valence-electron chi connectivity index (χ1n) is 12.0. The molecule has 3 rings (SSSR count). The van der Waals surface area contributed by atoms with Crippen molar-refractivity contribution in [2.24, 2.45) is 0 Å². The van der Waals surface area contributed by atoms with Gasteiger partial charge >= 0.3 is 0 Å². The van der Waals surface area contributed by atoms with Crippen molar-refractivity contribution in [1.82, 2.24) is 10.2 Å². The zero-order chi connectivity index (χ0) is 24.7. The van der Waals surface area contributed by atoms with Crippen molar-refractivity contribution in [1.29, 1.82) is 0 Å². The van der Waals surface area contributed by atoms with Crippen molar-refractivity contribution in [2.75, 3.05) is 0 Å². The number of amides is 2. The fraction of sp³-hybridized carbons (Fsp3) is 0.333. The summed E-state index contributed by atoms with van der Waals surface area (Å²) >= 11 is 0. The van der Waals surface area contributed by atoms with Crippen LogP contribution in [0.25, 0.3) is 0 Å². The summed E-state index contributed by atoms with van der Waals surface area (Å²) < 4.78 is 0. The number of aryl methyl sites for hydroxylation is 3. The summed E-state index contributed by atoms with van der Waals surface area (Å²) in [6, 6.07) is 23.6. The van der Waals surface area contributed by atoms with Gasteiger partial charge in [0.15, 0.2) is 0 Å². The Hall–Kier alpha value is -3.40.